The molecule has 2 aliphatic rings. The molecule has 0 spiro atoms. The summed E-state index contributed by atoms with van der Waals surface area (Å²) >= 11 is 0. The van der Waals surface area contributed by atoms with Gasteiger partial charge in [-0.25, -0.2) is 0 Å². The van der Waals surface area contributed by atoms with E-state index < -0.39 is 0 Å². The molecule has 0 bridgehead atoms. The zero-order valence-corrected chi connectivity index (χ0v) is 20.2. The molecular weight excluding hydrogens is 465 g/mol. The number of benzene rings is 1. The van der Waals surface area contributed by atoms with Crippen molar-refractivity contribution in [1.82, 2.24) is 20.0 Å². The van der Waals surface area contributed by atoms with Crippen LogP contribution in [0.5, 0.6) is 0 Å². The molecule has 28 heavy (non-hydrogen) atoms. The van der Waals surface area contributed by atoms with Crippen LogP contribution in [0.25, 0.3) is 0 Å². The Kier molecular flexibility index (Phi) is 8.54. The van der Waals surface area contributed by atoms with Crippen LogP contribution in [0.2, 0.25) is 0 Å². The van der Waals surface area contributed by atoms with Gasteiger partial charge < -0.3 is 19.9 Å². The Bertz CT molecular complexity index is 637. The van der Waals surface area contributed by atoms with Crippen molar-refractivity contribution < 1.29 is 4.74 Å². The van der Waals surface area contributed by atoms with Gasteiger partial charge in [0.15, 0.2) is 5.96 Å². The van der Waals surface area contributed by atoms with E-state index in [1.54, 1.807) is 0 Å². The minimum atomic E-state index is 0. The number of likely N-dealkylation sites (N-methyl/N-ethyl adjacent to an activating group) is 1. The van der Waals surface area contributed by atoms with Gasteiger partial charge in [0.2, 0.25) is 0 Å². The van der Waals surface area contributed by atoms with Crippen molar-refractivity contribution in [3.05, 3.63) is 35.9 Å². The Morgan fingerprint density at radius 1 is 1.25 bits per heavy atom. The quantitative estimate of drug-likeness (QED) is 0.381. The maximum atomic E-state index is 6.10. The highest BCUT2D eigenvalue weighted by Gasteiger charge is 2.41. The zero-order valence-electron chi connectivity index (χ0n) is 17.9. The number of guanidine groups is 1. The van der Waals surface area contributed by atoms with E-state index in [1.807, 2.05) is 7.05 Å². The summed E-state index contributed by atoms with van der Waals surface area (Å²) in [6.07, 6.45) is 0.253. The average Bonchev–Trinajstić information content (AvgIpc) is 3.08. The van der Waals surface area contributed by atoms with E-state index in [-0.39, 0.29) is 35.6 Å². The predicted octanol–water partition coefficient (Wildman–Crippen LogP) is 2.11. The van der Waals surface area contributed by atoms with Gasteiger partial charge in [0.05, 0.1) is 18.8 Å². The molecule has 2 aliphatic heterocycles. The zero-order chi connectivity index (χ0) is 19.4. The van der Waals surface area contributed by atoms with Crippen molar-refractivity contribution in [3.8, 4) is 0 Å². The first-order valence-corrected chi connectivity index (χ1v) is 9.93. The van der Waals surface area contributed by atoms with Gasteiger partial charge >= 0.3 is 0 Å². The van der Waals surface area contributed by atoms with Gasteiger partial charge in [-0.15, -0.1) is 24.0 Å². The minimum absolute atomic E-state index is 0. The fraction of sp³-hybridized carbons (Fsp3) is 0.667. The predicted molar refractivity (Wildman–Crippen MR) is 126 cm³/mol. The van der Waals surface area contributed by atoms with E-state index in [0.717, 1.165) is 45.3 Å². The van der Waals surface area contributed by atoms with E-state index in [9.17, 15) is 0 Å². The molecule has 2 fully saturated rings. The second-order valence-electron chi connectivity index (χ2n) is 8.45. The molecule has 2 saturated heterocycles. The molecule has 0 aliphatic carbocycles. The van der Waals surface area contributed by atoms with Gasteiger partial charge in [-0.2, -0.15) is 0 Å². The van der Waals surface area contributed by atoms with Gasteiger partial charge in [0.1, 0.15) is 0 Å². The van der Waals surface area contributed by atoms with Crippen LogP contribution in [-0.4, -0.2) is 92.3 Å². The van der Waals surface area contributed by atoms with Crippen molar-refractivity contribution in [2.75, 3.05) is 53.9 Å². The van der Waals surface area contributed by atoms with Crippen LogP contribution < -0.4 is 5.32 Å². The number of likely N-dealkylation sites (tertiary alicyclic amines) is 1. The van der Waals surface area contributed by atoms with Crippen molar-refractivity contribution in [2.45, 2.75) is 38.1 Å². The van der Waals surface area contributed by atoms with Crippen LogP contribution in [0.4, 0.5) is 0 Å². The molecule has 2 atom stereocenters. The largest absolute Gasteiger partial charge is 0.373 e. The number of hydrogen-bond donors (Lipinski definition) is 1. The minimum Gasteiger partial charge on any atom is -0.373 e. The normalized spacial score (nSPS) is 23.5. The number of nitrogens with one attached hydrogen (secondary N) is 1. The molecule has 0 radical (unpaired) electrons. The van der Waals surface area contributed by atoms with Crippen molar-refractivity contribution in [1.29, 1.82) is 0 Å². The third kappa shape index (κ3) is 5.58. The molecule has 158 valence electrons. The number of ether oxygens (including phenoxy) is 1. The molecule has 0 aromatic heterocycles. The molecule has 2 heterocycles. The second-order valence-corrected chi connectivity index (χ2v) is 8.45. The maximum Gasteiger partial charge on any atom is 0.193 e. The molecule has 3 rings (SSSR count). The standard InChI is InChI=1S/C21H35N5O.HI/c1-21(2,24(4)5)16-23-20(22-3)26-14-18-19(15-26)27-12-11-25(18)13-17-9-7-6-8-10-17;/h6-10,18-19H,11-16H2,1-5H3,(H,22,23);1H. The Labute approximate surface area is 187 Å². The maximum absolute atomic E-state index is 6.10. The van der Waals surface area contributed by atoms with Crippen LogP contribution >= 0.6 is 24.0 Å². The highest BCUT2D eigenvalue weighted by atomic mass is 127. The van der Waals surface area contributed by atoms with Gasteiger partial charge in [0, 0.05) is 45.3 Å². The van der Waals surface area contributed by atoms with Crippen LogP contribution in [0, 0.1) is 0 Å². The summed E-state index contributed by atoms with van der Waals surface area (Å²) in [6.45, 7) is 9.97. The lowest BCUT2D eigenvalue weighted by Crippen LogP contribution is -2.52. The number of halogens is 1. The molecule has 1 aromatic carbocycles. The molecule has 1 N–H and O–H groups in total. The lowest BCUT2D eigenvalue weighted by molar-refractivity contribution is -0.0502. The summed E-state index contributed by atoms with van der Waals surface area (Å²) < 4.78 is 6.10. The van der Waals surface area contributed by atoms with Crippen molar-refractivity contribution in [3.63, 3.8) is 0 Å². The molecule has 1 aromatic rings. The fourth-order valence-electron chi connectivity index (χ4n) is 3.73. The fourth-order valence-corrected chi connectivity index (χ4v) is 3.73. The highest BCUT2D eigenvalue weighted by Crippen LogP contribution is 2.24. The smallest absolute Gasteiger partial charge is 0.193 e. The van der Waals surface area contributed by atoms with Crippen LogP contribution in [0.1, 0.15) is 19.4 Å². The van der Waals surface area contributed by atoms with E-state index in [0.29, 0.717) is 6.04 Å². The first-order chi connectivity index (χ1) is 12.9. The summed E-state index contributed by atoms with van der Waals surface area (Å²) in [5.74, 6) is 0.975. The van der Waals surface area contributed by atoms with E-state index in [4.69, 9.17) is 4.74 Å². The number of fused-ring (bicyclic) bond motifs is 1. The number of nitrogens with zero attached hydrogens (tertiary/aromatic N) is 4. The summed E-state index contributed by atoms with van der Waals surface area (Å²) in [6, 6.07) is 11.1. The Morgan fingerprint density at radius 3 is 2.61 bits per heavy atom. The summed E-state index contributed by atoms with van der Waals surface area (Å²) in [5, 5.41) is 3.57. The van der Waals surface area contributed by atoms with Crippen molar-refractivity contribution >= 4 is 29.9 Å². The number of rotatable bonds is 5. The van der Waals surface area contributed by atoms with Crippen LogP contribution in [-0.2, 0) is 11.3 Å². The summed E-state index contributed by atoms with van der Waals surface area (Å²) in [5.41, 5.74) is 1.44. The van der Waals surface area contributed by atoms with Gasteiger partial charge in [-0.1, -0.05) is 30.3 Å². The molecule has 6 nitrogen and oxygen atoms in total. The van der Waals surface area contributed by atoms with Crippen molar-refractivity contribution in [2.24, 2.45) is 4.99 Å². The van der Waals surface area contributed by atoms with Crippen LogP contribution in [0.3, 0.4) is 0 Å². The average molecular weight is 501 g/mol. The first-order valence-electron chi connectivity index (χ1n) is 9.93. The summed E-state index contributed by atoms with van der Waals surface area (Å²) in [4.78, 5) is 11.7. The number of aliphatic imine (C=N–C) groups is 1. The van der Waals surface area contributed by atoms with Crippen LogP contribution in [0.15, 0.2) is 35.3 Å². The first kappa shape index (κ1) is 23.4. The van der Waals surface area contributed by atoms with Gasteiger partial charge in [0.25, 0.3) is 0 Å². The molecule has 7 heteroatoms. The Morgan fingerprint density at radius 2 is 1.96 bits per heavy atom. The Hall–Kier alpha value is -0.900. The van der Waals surface area contributed by atoms with E-state index in [1.165, 1.54) is 5.56 Å². The third-order valence-electron chi connectivity index (χ3n) is 6.05. The van der Waals surface area contributed by atoms with Gasteiger partial charge in [-0.3, -0.25) is 9.89 Å². The molecule has 2 unspecified atom stereocenters. The van der Waals surface area contributed by atoms with E-state index >= 15 is 0 Å². The highest BCUT2D eigenvalue weighted by molar-refractivity contribution is 14.0. The number of hydrogen-bond acceptors (Lipinski definition) is 4. The number of morpholine rings is 1. The molecule has 0 saturated carbocycles. The second kappa shape index (κ2) is 10.2. The summed E-state index contributed by atoms with van der Waals surface area (Å²) in [7, 11) is 6.10. The van der Waals surface area contributed by atoms with E-state index in [2.05, 4.69) is 83.3 Å². The third-order valence-corrected chi connectivity index (χ3v) is 6.05. The molecular formula is C21H36IN5O. The van der Waals surface area contributed by atoms with Gasteiger partial charge in [-0.05, 0) is 33.5 Å². The lowest BCUT2D eigenvalue weighted by atomic mass is 10.0. The SMILES string of the molecule is CN=C(NCC(C)(C)N(C)C)N1CC2OCCN(Cc3ccccc3)C2C1.I. The monoisotopic (exact) mass is 501 g/mol. The lowest BCUT2D eigenvalue weighted by Gasteiger charge is -2.36. The Balaban J connectivity index is 0.00000280. The molecule has 0 amide bonds. The topological polar surface area (TPSA) is 43.3 Å².